The standard InChI is InChI=1S/C14H14N4OS/c1-9(19)8-20-14-15-13(16-17-14)12-7-10-5-3-4-6-11(10)18(12)2/h3-7H,8H2,1-2H3,(H,15,16,17). The quantitative estimate of drug-likeness (QED) is 0.749. The van der Waals surface area contributed by atoms with Gasteiger partial charge in [-0.15, -0.1) is 10.2 Å². The Hall–Kier alpha value is -2.08. The smallest absolute Gasteiger partial charge is 0.189 e. The third kappa shape index (κ3) is 2.34. The number of Topliss-reactive ketones (excluding diaryl/α,β-unsaturated/α-hetero) is 1. The van der Waals surface area contributed by atoms with Crippen LogP contribution in [-0.4, -0.2) is 31.3 Å². The summed E-state index contributed by atoms with van der Waals surface area (Å²) in [7, 11) is 2.00. The number of ketones is 1. The minimum Gasteiger partial charge on any atom is -0.341 e. The predicted octanol–water partition coefficient (Wildman–Crippen LogP) is 2.64. The second-order valence-corrected chi connectivity index (χ2v) is 5.58. The normalized spacial score (nSPS) is 11.1. The van der Waals surface area contributed by atoms with Crippen LogP contribution < -0.4 is 0 Å². The number of nitrogens with zero attached hydrogens (tertiary/aromatic N) is 3. The van der Waals surface area contributed by atoms with Gasteiger partial charge in [-0.3, -0.25) is 4.79 Å². The number of aromatic nitrogens is 4. The molecule has 0 aliphatic carbocycles. The van der Waals surface area contributed by atoms with Crippen molar-refractivity contribution < 1.29 is 4.79 Å². The highest BCUT2D eigenvalue weighted by molar-refractivity contribution is 7.99. The molecule has 2 heterocycles. The largest absolute Gasteiger partial charge is 0.341 e. The number of aryl methyl sites for hydroxylation is 1. The van der Waals surface area contributed by atoms with Gasteiger partial charge in [0.15, 0.2) is 11.0 Å². The van der Waals surface area contributed by atoms with Gasteiger partial charge in [-0.2, -0.15) is 0 Å². The van der Waals surface area contributed by atoms with Gasteiger partial charge < -0.3 is 9.55 Å². The molecule has 0 saturated carbocycles. The van der Waals surface area contributed by atoms with E-state index >= 15 is 0 Å². The molecular weight excluding hydrogens is 272 g/mol. The fourth-order valence-corrected chi connectivity index (χ4v) is 2.72. The van der Waals surface area contributed by atoms with E-state index in [1.165, 1.54) is 17.1 Å². The number of nitrogens with one attached hydrogen (secondary N) is 1. The molecule has 3 rings (SSSR count). The maximum Gasteiger partial charge on any atom is 0.189 e. The molecule has 102 valence electrons. The van der Waals surface area contributed by atoms with Gasteiger partial charge in [0.1, 0.15) is 5.78 Å². The number of H-pyrrole nitrogens is 1. The first-order chi connectivity index (χ1) is 9.65. The molecule has 0 fully saturated rings. The molecule has 0 amide bonds. The van der Waals surface area contributed by atoms with Crippen LogP contribution in [0, 0.1) is 0 Å². The molecule has 5 nitrogen and oxygen atoms in total. The highest BCUT2D eigenvalue weighted by atomic mass is 32.2. The van der Waals surface area contributed by atoms with Crippen molar-refractivity contribution in [1.82, 2.24) is 19.7 Å². The molecule has 0 aliphatic rings. The lowest BCUT2D eigenvalue weighted by molar-refractivity contribution is -0.114. The van der Waals surface area contributed by atoms with Gasteiger partial charge in [-0.25, -0.2) is 0 Å². The van der Waals surface area contributed by atoms with Crippen LogP contribution in [-0.2, 0) is 11.8 Å². The topological polar surface area (TPSA) is 63.6 Å². The van der Waals surface area contributed by atoms with Gasteiger partial charge >= 0.3 is 0 Å². The number of thioether (sulfide) groups is 1. The minimum atomic E-state index is 0.123. The lowest BCUT2D eigenvalue weighted by Gasteiger charge is -1.99. The summed E-state index contributed by atoms with van der Waals surface area (Å²) in [6, 6.07) is 10.2. The van der Waals surface area contributed by atoms with Crippen molar-refractivity contribution >= 4 is 28.4 Å². The molecule has 0 bridgehead atoms. The SMILES string of the molecule is CC(=O)CSc1nnc(-c2cc3ccccc3n2C)[nH]1. The van der Waals surface area contributed by atoms with E-state index < -0.39 is 0 Å². The number of rotatable bonds is 4. The highest BCUT2D eigenvalue weighted by Gasteiger charge is 2.12. The Labute approximate surface area is 120 Å². The van der Waals surface area contributed by atoms with Gasteiger partial charge in [0, 0.05) is 18.0 Å². The number of hydrogen-bond donors (Lipinski definition) is 1. The van der Waals surface area contributed by atoms with Crippen LogP contribution in [0.25, 0.3) is 22.4 Å². The van der Waals surface area contributed by atoms with Crippen molar-refractivity contribution in [2.24, 2.45) is 7.05 Å². The Morgan fingerprint density at radius 1 is 1.35 bits per heavy atom. The average Bonchev–Trinajstić information content (AvgIpc) is 3.02. The Morgan fingerprint density at radius 3 is 2.90 bits per heavy atom. The molecule has 1 N–H and O–H groups in total. The van der Waals surface area contributed by atoms with Crippen molar-refractivity contribution in [3.63, 3.8) is 0 Å². The monoisotopic (exact) mass is 286 g/mol. The number of fused-ring (bicyclic) bond motifs is 1. The average molecular weight is 286 g/mol. The van der Waals surface area contributed by atoms with Crippen LogP contribution in [0.5, 0.6) is 0 Å². The van der Waals surface area contributed by atoms with Crippen molar-refractivity contribution in [1.29, 1.82) is 0 Å². The molecule has 0 aliphatic heterocycles. The molecule has 20 heavy (non-hydrogen) atoms. The van der Waals surface area contributed by atoms with E-state index in [0.717, 1.165) is 17.0 Å². The summed E-state index contributed by atoms with van der Waals surface area (Å²) in [6.07, 6.45) is 0. The van der Waals surface area contributed by atoms with Crippen molar-refractivity contribution in [3.8, 4) is 11.5 Å². The second-order valence-electron chi connectivity index (χ2n) is 4.62. The van der Waals surface area contributed by atoms with E-state index in [4.69, 9.17) is 0 Å². The third-order valence-electron chi connectivity index (χ3n) is 3.07. The van der Waals surface area contributed by atoms with Crippen LogP contribution in [0.15, 0.2) is 35.5 Å². The Kier molecular flexibility index (Phi) is 3.31. The van der Waals surface area contributed by atoms with Gasteiger partial charge in [0.2, 0.25) is 0 Å². The van der Waals surface area contributed by atoms with Crippen LogP contribution in [0.4, 0.5) is 0 Å². The van der Waals surface area contributed by atoms with E-state index in [1.54, 1.807) is 6.92 Å². The highest BCUT2D eigenvalue weighted by Crippen LogP contribution is 2.25. The molecule has 0 saturated heterocycles. The van der Waals surface area contributed by atoms with Crippen LogP contribution in [0.2, 0.25) is 0 Å². The molecule has 0 unspecified atom stereocenters. The first-order valence-electron chi connectivity index (χ1n) is 6.25. The molecule has 2 aromatic heterocycles. The summed E-state index contributed by atoms with van der Waals surface area (Å²) in [5.41, 5.74) is 2.13. The lowest BCUT2D eigenvalue weighted by Crippen LogP contribution is -1.94. The van der Waals surface area contributed by atoms with Gasteiger partial charge in [0.05, 0.1) is 11.4 Å². The summed E-state index contributed by atoms with van der Waals surface area (Å²) < 4.78 is 2.08. The van der Waals surface area contributed by atoms with Gasteiger partial charge in [-0.05, 0) is 19.1 Å². The molecule has 0 atom stereocenters. The fraction of sp³-hybridized carbons (Fsp3) is 0.214. The number of aromatic amines is 1. The summed E-state index contributed by atoms with van der Waals surface area (Å²) in [4.78, 5) is 14.1. The van der Waals surface area contributed by atoms with Crippen molar-refractivity contribution in [2.75, 3.05) is 5.75 Å². The first kappa shape index (κ1) is 12.9. The van der Waals surface area contributed by atoms with Crippen molar-refractivity contribution in [3.05, 3.63) is 30.3 Å². The van der Waals surface area contributed by atoms with E-state index in [-0.39, 0.29) is 5.78 Å². The first-order valence-corrected chi connectivity index (χ1v) is 7.23. The zero-order valence-electron chi connectivity index (χ0n) is 11.3. The Bertz CT molecular complexity index is 774. The second kappa shape index (κ2) is 5.13. The van der Waals surface area contributed by atoms with Gasteiger partial charge in [0.25, 0.3) is 0 Å². The summed E-state index contributed by atoms with van der Waals surface area (Å²) in [5, 5.41) is 10.1. The van der Waals surface area contributed by atoms with Crippen LogP contribution in [0.3, 0.4) is 0 Å². The summed E-state index contributed by atoms with van der Waals surface area (Å²) in [6.45, 7) is 1.56. The Balaban J connectivity index is 1.95. The zero-order valence-corrected chi connectivity index (χ0v) is 12.1. The van der Waals surface area contributed by atoms with E-state index in [0.29, 0.717) is 10.9 Å². The fourth-order valence-electron chi connectivity index (χ4n) is 2.11. The molecule has 6 heteroatoms. The maximum atomic E-state index is 11.0. The number of para-hydroxylation sites is 1. The lowest BCUT2D eigenvalue weighted by atomic mass is 10.2. The third-order valence-corrected chi connectivity index (χ3v) is 4.08. The van der Waals surface area contributed by atoms with E-state index in [1.807, 2.05) is 19.2 Å². The number of benzene rings is 1. The van der Waals surface area contributed by atoms with E-state index in [9.17, 15) is 4.79 Å². The van der Waals surface area contributed by atoms with E-state index in [2.05, 4.69) is 37.9 Å². The predicted molar refractivity (Wildman–Crippen MR) is 79.7 cm³/mol. The van der Waals surface area contributed by atoms with Crippen molar-refractivity contribution in [2.45, 2.75) is 12.1 Å². The molecule has 1 aromatic carbocycles. The molecule has 0 spiro atoms. The van der Waals surface area contributed by atoms with Crippen LogP contribution >= 0.6 is 11.8 Å². The maximum absolute atomic E-state index is 11.0. The molecular formula is C14H14N4OS. The number of carbonyl (C=O) groups is 1. The summed E-state index contributed by atoms with van der Waals surface area (Å²) in [5.74, 6) is 1.25. The summed E-state index contributed by atoms with van der Waals surface area (Å²) >= 11 is 1.37. The zero-order chi connectivity index (χ0) is 14.1. The molecule has 3 aromatic rings. The number of hydrogen-bond acceptors (Lipinski definition) is 4. The van der Waals surface area contributed by atoms with Crippen LogP contribution in [0.1, 0.15) is 6.92 Å². The van der Waals surface area contributed by atoms with Gasteiger partial charge in [-0.1, -0.05) is 30.0 Å². The molecule has 0 radical (unpaired) electrons. The minimum absolute atomic E-state index is 0.123. The Morgan fingerprint density at radius 2 is 2.15 bits per heavy atom. The number of carbonyl (C=O) groups excluding carboxylic acids is 1.